The molecule has 4 heteroatoms. The third kappa shape index (κ3) is 1.56. The second kappa shape index (κ2) is 3.27. The van der Waals surface area contributed by atoms with Crippen molar-refractivity contribution in [2.45, 2.75) is 18.9 Å². The molecule has 2 unspecified atom stereocenters. The maximum Gasteiger partial charge on any atom is 0.220 e. The summed E-state index contributed by atoms with van der Waals surface area (Å²) in [6.45, 7) is 1.64. The van der Waals surface area contributed by atoms with E-state index >= 15 is 0 Å². The summed E-state index contributed by atoms with van der Waals surface area (Å²) in [6, 6.07) is 0. The molecule has 2 aliphatic rings. The molecule has 2 atom stereocenters. The number of fused-ring (bicyclic) bond motifs is 2. The molecular weight excluding hydrogens is 168 g/mol. The maximum absolute atomic E-state index is 11.0. The van der Waals surface area contributed by atoms with Gasteiger partial charge < -0.3 is 16.2 Å². The van der Waals surface area contributed by atoms with Crippen molar-refractivity contribution in [3.63, 3.8) is 0 Å². The van der Waals surface area contributed by atoms with Gasteiger partial charge in [0.1, 0.15) is 0 Å². The van der Waals surface area contributed by atoms with Crippen LogP contribution in [0.1, 0.15) is 12.8 Å². The Hall–Kier alpha value is -0.610. The standard InChI is InChI=1S/C9H16N2O2/c10-9(13)5-1-6-3-11-4-7(2-5)8(6)12/h5-8,11-12H,1-4H2,(H2,10,13). The number of nitrogens with one attached hydrogen (secondary N) is 1. The van der Waals surface area contributed by atoms with Crippen LogP contribution in [-0.2, 0) is 4.79 Å². The molecule has 1 aliphatic heterocycles. The van der Waals surface area contributed by atoms with Gasteiger partial charge in [-0.25, -0.2) is 0 Å². The normalized spacial score (nSPS) is 44.4. The van der Waals surface area contributed by atoms with Gasteiger partial charge in [0.05, 0.1) is 6.10 Å². The summed E-state index contributed by atoms with van der Waals surface area (Å²) in [4.78, 5) is 11.0. The lowest BCUT2D eigenvalue weighted by atomic mass is 9.71. The Bertz CT molecular complexity index is 206. The molecule has 0 aromatic heterocycles. The van der Waals surface area contributed by atoms with Gasteiger partial charge in [-0.1, -0.05) is 0 Å². The zero-order valence-electron chi connectivity index (χ0n) is 7.57. The first-order valence-electron chi connectivity index (χ1n) is 4.86. The van der Waals surface area contributed by atoms with Gasteiger partial charge in [-0.2, -0.15) is 0 Å². The quantitative estimate of drug-likeness (QED) is 0.493. The molecule has 0 aromatic carbocycles. The largest absolute Gasteiger partial charge is 0.392 e. The van der Waals surface area contributed by atoms with Crippen LogP contribution in [-0.4, -0.2) is 30.2 Å². The number of carbonyl (C=O) groups excluding carboxylic acids is 1. The average Bonchev–Trinajstić information content (AvgIpc) is 2.02. The molecule has 74 valence electrons. The minimum Gasteiger partial charge on any atom is -0.392 e. The summed E-state index contributed by atoms with van der Waals surface area (Å²) in [5, 5.41) is 13.1. The fraction of sp³-hybridized carbons (Fsp3) is 0.889. The van der Waals surface area contributed by atoms with Crippen LogP contribution in [0.3, 0.4) is 0 Å². The second-order valence-electron chi connectivity index (χ2n) is 4.24. The lowest BCUT2D eigenvalue weighted by molar-refractivity contribution is -0.126. The van der Waals surface area contributed by atoms with Crippen LogP contribution in [0.4, 0.5) is 0 Å². The van der Waals surface area contributed by atoms with Crippen molar-refractivity contribution in [3.05, 3.63) is 0 Å². The van der Waals surface area contributed by atoms with E-state index in [4.69, 9.17) is 5.73 Å². The number of primary amides is 1. The number of hydrogen-bond donors (Lipinski definition) is 3. The molecule has 1 aliphatic carbocycles. The van der Waals surface area contributed by atoms with E-state index in [-0.39, 0.29) is 29.8 Å². The molecule has 4 nitrogen and oxygen atoms in total. The molecule has 2 rings (SSSR count). The number of carbonyl (C=O) groups is 1. The van der Waals surface area contributed by atoms with E-state index in [0.717, 1.165) is 25.9 Å². The van der Waals surface area contributed by atoms with E-state index in [1.165, 1.54) is 0 Å². The van der Waals surface area contributed by atoms with Gasteiger partial charge in [-0.15, -0.1) is 0 Å². The molecule has 13 heavy (non-hydrogen) atoms. The third-order valence-corrected chi connectivity index (χ3v) is 3.36. The van der Waals surface area contributed by atoms with Crippen molar-refractivity contribution >= 4 is 5.91 Å². The van der Waals surface area contributed by atoms with E-state index in [0.29, 0.717) is 0 Å². The van der Waals surface area contributed by atoms with Gasteiger partial charge in [0, 0.05) is 19.0 Å². The number of nitrogens with two attached hydrogens (primary N) is 1. The molecule has 0 aromatic rings. The first-order valence-corrected chi connectivity index (χ1v) is 4.86. The lowest BCUT2D eigenvalue weighted by Gasteiger charge is -2.42. The smallest absolute Gasteiger partial charge is 0.220 e. The highest BCUT2D eigenvalue weighted by atomic mass is 16.3. The molecule has 2 bridgehead atoms. The van der Waals surface area contributed by atoms with Crippen LogP contribution in [0.5, 0.6) is 0 Å². The number of aliphatic hydroxyl groups is 1. The second-order valence-corrected chi connectivity index (χ2v) is 4.24. The maximum atomic E-state index is 11.0. The van der Waals surface area contributed by atoms with Gasteiger partial charge in [-0.3, -0.25) is 4.79 Å². The average molecular weight is 184 g/mol. The first-order chi connectivity index (χ1) is 6.18. The monoisotopic (exact) mass is 184 g/mol. The van der Waals surface area contributed by atoms with Crippen LogP contribution < -0.4 is 11.1 Å². The molecule has 1 amide bonds. The number of piperidine rings is 1. The minimum absolute atomic E-state index is 0.0134. The Morgan fingerprint density at radius 3 is 2.31 bits per heavy atom. The van der Waals surface area contributed by atoms with Crippen molar-refractivity contribution in [2.24, 2.45) is 23.5 Å². The minimum atomic E-state index is -0.225. The number of rotatable bonds is 1. The zero-order chi connectivity index (χ0) is 9.42. The van der Waals surface area contributed by atoms with Gasteiger partial charge in [0.25, 0.3) is 0 Å². The highest BCUT2D eigenvalue weighted by molar-refractivity contribution is 5.76. The van der Waals surface area contributed by atoms with Gasteiger partial charge in [-0.05, 0) is 24.7 Å². The molecule has 2 fully saturated rings. The highest BCUT2D eigenvalue weighted by Gasteiger charge is 2.40. The van der Waals surface area contributed by atoms with Crippen LogP contribution in [0.15, 0.2) is 0 Å². The van der Waals surface area contributed by atoms with Crippen molar-refractivity contribution in [1.82, 2.24) is 5.32 Å². The van der Waals surface area contributed by atoms with E-state index in [1.54, 1.807) is 0 Å². The molecule has 4 N–H and O–H groups in total. The molecule has 0 spiro atoms. The number of hydrogen-bond acceptors (Lipinski definition) is 3. The van der Waals surface area contributed by atoms with Crippen molar-refractivity contribution in [3.8, 4) is 0 Å². The third-order valence-electron chi connectivity index (χ3n) is 3.36. The highest BCUT2D eigenvalue weighted by Crippen LogP contribution is 2.35. The Balaban J connectivity index is 2.07. The topological polar surface area (TPSA) is 75.4 Å². The SMILES string of the molecule is NC(=O)C1CC2CNCC(C1)C2O. The predicted molar refractivity (Wildman–Crippen MR) is 47.8 cm³/mol. The van der Waals surface area contributed by atoms with Crippen LogP contribution in [0.2, 0.25) is 0 Å². The van der Waals surface area contributed by atoms with Crippen molar-refractivity contribution < 1.29 is 9.90 Å². The van der Waals surface area contributed by atoms with Gasteiger partial charge in [0.2, 0.25) is 5.91 Å². The Morgan fingerprint density at radius 1 is 1.31 bits per heavy atom. The molecule has 1 saturated carbocycles. The summed E-state index contributed by atoms with van der Waals surface area (Å²) in [7, 11) is 0. The van der Waals surface area contributed by atoms with Crippen LogP contribution in [0, 0.1) is 17.8 Å². The fourth-order valence-corrected chi connectivity index (χ4v) is 2.59. The van der Waals surface area contributed by atoms with Gasteiger partial charge in [0.15, 0.2) is 0 Å². The molecule has 0 radical (unpaired) electrons. The summed E-state index contributed by atoms with van der Waals surface area (Å²) in [6.07, 6.45) is 1.27. The summed E-state index contributed by atoms with van der Waals surface area (Å²) in [5.41, 5.74) is 5.27. The lowest BCUT2D eigenvalue weighted by Crippen LogP contribution is -2.53. The summed E-state index contributed by atoms with van der Waals surface area (Å²) in [5.74, 6) is 0.235. The number of amides is 1. The van der Waals surface area contributed by atoms with Crippen LogP contribution >= 0.6 is 0 Å². The Kier molecular flexibility index (Phi) is 2.26. The zero-order valence-corrected chi connectivity index (χ0v) is 7.57. The van der Waals surface area contributed by atoms with E-state index < -0.39 is 0 Å². The van der Waals surface area contributed by atoms with E-state index in [1.807, 2.05) is 0 Å². The van der Waals surface area contributed by atoms with Crippen molar-refractivity contribution in [1.29, 1.82) is 0 Å². The van der Waals surface area contributed by atoms with Gasteiger partial charge >= 0.3 is 0 Å². The molecular formula is C9H16N2O2. The Morgan fingerprint density at radius 2 is 1.85 bits per heavy atom. The summed E-state index contributed by atoms with van der Waals surface area (Å²) < 4.78 is 0. The first kappa shape index (κ1) is 8.97. The Labute approximate surface area is 77.5 Å². The fourth-order valence-electron chi connectivity index (χ4n) is 2.59. The molecule has 1 saturated heterocycles. The van der Waals surface area contributed by atoms with E-state index in [9.17, 15) is 9.90 Å². The predicted octanol–water partition coefficient (Wildman–Crippen LogP) is -0.922. The van der Waals surface area contributed by atoms with Crippen molar-refractivity contribution in [2.75, 3.05) is 13.1 Å². The number of aliphatic hydroxyl groups excluding tert-OH is 1. The molecule has 1 heterocycles. The van der Waals surface area contributed by atoms with E-state index in [2.05, 4.69) is 5.32 Å². The van der Waals surface area contributed by atoms with Crippen LogP contribution in [0.25, 0.3) is 0 Å². The summed E-state index contributed by atoms with van der Waals surface area (Å²) >= 11 is 0.